The van der Waals surface area contributed by atoms with Crippen LogP contribution in [0.4, 0.5) is 4.79 Å². The lowest BCUT2D eigenvalue weighted by atomic mass is 9.80. The molecule has 2 aromatic carbocycles. The van der Waals surface area contributed by atoms with E-state index in [0.29, 0.717) is 6.42 Å². The van der Waals surface area contributed by atoms with E-state index in [1.165, 1.54) is 0 Å². The average Bonchev–Trinajstić information content (AvgIpc) is 3.46. The van der Waals surface area contributed by atoms with Gasteiger partial charge in [0.05, 0.1) is 11.0 Å². The first-order valence-electron chi connectivity index (χ1n) is 10.1. The number of carboxylic acids is 1. The largest absolute Gasteiger partial charge is 0.481 e. The van der Waals surface area contributed by atoms with Gasteiger partial charge in [-0.15, -0.1) is 0 Å². The van der Waals surface area contributed by atoms with Crippen LogP contribution in [-0.2, 0) is 15.7 Å². The van der Waals surface area contributed by atoms with Gasteiger partial charge in [-0.25, -0.2) is 4.79 Å². The summed E-state index contributed by atoms with van der Waals surface area (Å²) in [5.41, 5.74) is 6.21. The van der Waals surface area contributed by atoms with Crippen LogP contribution in [-0.4, -0.2) is 41.6 Å². The lowest BCUT2D eigenvalue weighted by Crippen LogP contribution is -2.54. The van der Waals surface area contributed by atoms with Crippen molar-refractivity contribution in [3.63, 3.8) is 0 Å². The molecule has 6 heteroatoms. The fraction of sp³-hybridized carbons (Fsp3) is 0.391. The van der Waals surface area contributed by atoms with E-state index in [0.717, 1.165) is 43.6 Å². The van der Waals surface area contributed by atoms with Gasteiger partial charge < -0.3 is 21.1 Å². The van der Waals surface area contributed by atoms with Crippen LogP contribution in [0.25, 0.3) is 0 Å². The number of carboxylic acid groups (broad SMARTS) is 1. The summed E-state index contributed by atoms with van der Waals surface area (Å²) >= 11 is 0. The maximum absolute atomic E-state index is 12.1. The van der Waals surface area contributed by atoms with Gasteiger partial charge in [0.2, 0.25) is 0 Å². The molecule has 2 amide bonds. The Labute approximate surface area is 170 Å². The van der Waals surface area contributed by atoms with Crippen LogP contribution in [0.2, 0.25) is 0 Å². The normalized spacial score (nSPS) is 25.9. The Bertz CT molecular complexity index is 879. The van der Waals surface area contributed by atoms with Gasteiger partial charge in [0, 0.05) is 19.6 Å². The molecule has 2 unspecified atom stereocenters. The molecule has 4 rings (SSSR count). The van der Waals surface area contributed by atoms with Crippen LogP contribution < -0.4 is 11.1 Å². The van der Waals surface area contributed by atoms with Crippen LogP contribution in [0, 0.1) is 5.92 Å². The van der Waals surface area contributed by atoms with E-state index < -0.39 is 23.0 Å². The van der Waals surface area contributed by atoms with Crippen molar-refractivity contribution in [1.82, 2.24) is 10.2 Å². The van der Waals surface area contributed by atoms with Crippen molar-refractivity contribution in [3.8, 4) is 0 Å². The minimum atomic E-state index is -0.763. The Hall–Kier alpha value is -2.86. The number of carbonyl (C=O) groups is 2. The molecule has 1 saturated carbocycles. The zero-order valence-electron chi connectivity index (χ0n) is 16.4. The maximum atomic E-state index is 12.1. The molecule has 2 atom stereocenters. The van der Waals surface area contributed by atoms with E-state index in [1.807, 2.05) is 60.7 Å². The molecule has 1 saturated heterocycles. The summed E-state index contributed by atoms with van der Waals surface area (Å²) in [5.74, 6) is -0.629. The number of urea groups is 1. The Morgan fingerprint density at radius 1 is 1.00 bits per heavy atom. The SMILES string of the molecule is NC(=O)NC1(c2ccccc2)CCN(CC2CC2(C(=O)O)c2ccccc2)CC1. The number of nitrogens with two attached hydrogens (primary N) is 1. The van der Waals surface area contributed by atoms with Gasteiger partial charge in [0.1, 0.15) is 0 Å². The van der Waals surface area contributed by atoms with E-state index in [9.17, 15) is 14.7 Å². The van der Waals surface area contributed by atoms with Crippen molar-refractivity contribution in [1.29, 1.82) is 0 Å². The Balaban J connectivity index is 1.45. The van der Waals surface area contributed by atoms with Crippen molar-refractivity contribution in [2.45, 2.75) is 30.2 Å². The molecular weight excluding hydrogens is 366 g/mol. The van der Waals surface area contributed by atoms with Crippen LogP contribution in [0.3, 0.4) is 0 Å². The van der Waals surface area contributed by atoms with Crippen LogP contribution in [0.1, 0.15) is 30.4 Å². The Morgan fingerprint density at radius 2 is 1.55 bits per heavy atom. The number of carbonyl (C=O) groups excluding carboxylic acids is 1. The van der Waals surface area contributed by atoms with Gasteiger partial charge in [-0.2, -0.15) is 0 Å². The molecule has 2 aliphatic rings. The zero-order valence-corrected chi connectivity index (χ0v) is 16.4. The molecule has 6 nitrogen and oxygen atoms in total. The predicted molar refractivity (Wildman–Crippen MR) is 110 cm³/mol. The minimum Gasteiger partial charge on any atom is -0.481 e. The molecule has 152 valence electrons. The van der Waals surface area contributed by atoms with Gasteiger partial charge in [0.25, 0.3) is 0 Å². The molecule has 0 radical (unpaired) electrons. The highest BCUT2D eigenvalue weighted by Crippen LogP contribution is 2.55. The van der Waals surface area contributed by atoms with E-state index >= 15 is 0 Å². The summed E-state index contributed by atoms with van der Waals surface area (Å²) in [7, 11) is 0. The third-order valence-corrected chi connectivity index (χ3v) is 6.65. The molecule has 0 spiro atoms. The van der Waals surface area contributed by atoms with Gasteiger partial charge >= 0.3 is 12.0 Å². The van der Waals surface area contributed by atoms with Gasteiger partial charge in [-0.1, -0.05) is 60.7 Å². The van der Waals surface area contributed by atoms with E-state index in [2.05, 4.69) is 10.2 Å². The summed E-state index contributed by atoms with van der Waals surface area (Å²) in [6.07, 6.45) is 2.17. The first kappa shape index (κ1) is 19.5. The molecule has 1 aliphatic carbocycles. The van der Waals surface area contributed by atoms with Crippen molar-refractivity contribution in [2.75, 3.05) is 19.6 Å². The molecule has 29 heavy (non-hydrogen) atoms. The highest BCUT2D eigenvalue weighted by molar-refractivity contribution is 5.86. The number of hydrogen-bond acceptors (Lipinski definition) is 3. The Kier molecular flexibility index (Phi) is 5.04. The third kappa shape index (κ3) is 3.60. The second kappa shape index (κ2) is 7.52. The van der Waals surface area contributed by atoms with Gasteiger partial charge in [-0.05, 0) is 36.3 Å². The third-order valence-electron chi connectivity index (χ3n) is 6.65. The van der Waals surface area contributed by atoms with Crippen LogP contribution >= 0.6 is 0 Å². The Morgan fingerprint density at radius 3 is 2.07 bits per heavy atom. The number of aliphatic carboxylic acids is 1. The summed E-state index contributed by atoms with van der Waals surface area (Å²) in [4.78, 5) is 26.1. The second-order valence-corrected chi connectivity index (χ2v) is 8.28. The molecule has 2 fully saturated rings. The first-order chi connectivity index (χ1) is 14.0. The first-order valence-corrected chi connectivity index (χ1v) is 10.1. The van der Waals surface area contributed by atoms with Crippen LogP contribution in [0.5, 0.6) is 0 Å². The molecule has 4 N–H and O–H groups in total. The summed E-state index contributed by atoms with van der Waals surface area (Å²) in [5, 5.41) is 12.9. The van der Waals surface area contributed by atoms with Crippen molar-refractivity contribution in [3.05, 3.63) is 71.8 Å². The van der Waals surface area contributed by atoms with Crippen LogP contribution in [0.15, 0.2) is 60.7 Å². The molecule has 0 bridgehead atoms. The minimum absolute atomic E-state index is 0.107. The maximum Gasteiger partial charge on any atom is 0.314 e. The number of likely N-dealkylation sites (tertiary alicyclic amines) is 1. The molecule has 0 aromatic heterocycles. The number of nitrogens with one attached hydrogen (secondary N) is 1. The lowest BCUT2D eigenvalue weighted by Gasteiger charge is -2.42. The van der Waals surface area contributed by atoms with E-state index in [1.54, 1.807) is 0 Å². The standard InChI is InChI=1S/C23H27N3O3/c24-21(29)25-22(17-7-3-1-4-8-17)11-13-26(14-12-22)16-19-15-23(19,20(27)28)18-9-5-2-6-10-18/h1-10,19H,11-16H2,(H,27,28)(H3,24,25,29). The summed E-state index contributed by atoms with van der Waals surface area (Å²) in [6, 6.07) is 19.0. The monoisotopic (exact) mass is 393 g/mol. The predicted octanol–water partition coefficient (Wildman–Crippen LogP) is 2.69. The van der Waals surface area contributed by atoms with Crippen molar-refractivity contribution in [2.24, 2.45) is 11.7 Å². The average molecular weight is 393 g/mol. The molecule has 1 aliphatic heterocycles. The highest BCUT2D eigenvalue weighted by atomic mass is 16.4. The topological polar surface area (TPSA) is 95.7 Å². The molecular formula is C23H27N3O3. The van der Waals surface area contributed by atoms with Gasteiger partial charge in [0.15, 0.2) is 0 Å². The summed E-state index contributed by atoms with van der Waals surface area (Å²) in [6.45, 7) is 2.33. The molecule has 1 heterocycles. The lowest BCUT2D eigenvalue weighted by molar-refractivity contribution is -0.140. The quantitative estimate of drug-likeness (QED) is 0.703. The number of rotatable bonds is 6. The molecule has 2 aromatic rings. The van der Waals surface area contributed by atoms with Gasteiger partial charge in [-0.3, -0.25) is 4.79 Å². The smallest absolute Gasteiger partial charge is 0.314 e. The number of benzene rings is 2. The number of hydrogen-bond donors (Lipinski definition) is 3. The number of amides is 2. The number of nitrogens with zero attached hydrogens (tertiary/aromatic N) is 1. The zero-order chi connectivity index (χ0) is 20.5. The second-order valence-electron chi connectivity index (χ2n) is 8.28. The van der Waals surface area contributed by atoms with E-state index in [-0.39, 0.29) is 5.92 Å². The summed E-state index contributed by atoms with van der Waals surface area (Å²) < 4.78 is 0. The van der Waals surface area contributed by atoms with Crippen molar-refractivity contribution < 1.29 is 14.7 Å². The number of primary amides is 1. The van der Waals surface area contributed by atoms with Crippen molar-refractivity contribution >= 4 is 12.0 Å². The fourth-order valence-electron chi connectivity index (χ4n) is 4.93. The number of piperidine rings is 1. The van der Waals surface area contributed by atoms with E-state index in [4.69, 9.17) is 5.73 Å². The highest BCUT2D eigenvalue weighted by Gasteiger charge is 2.61. The fourth-order valence-corrected chi connectivity index (χ4v) is 4.93.